The first kappa shape index (κ1) is 45.0. The number of hydrogen-bond donors (Lipinski definition) is 0. The van der Waals surface area contributed by atoms with Crippen LogP contribution in [0.4, 0.5) is 0 Å². The molecule has 46 heavy (non-hydrogen) atoms. The van der Waals surface area contributed by atoms with Gasteiger partial charge in [0.05, 0.1) is 6.61 Å². The topological polar surface area (TPSA) is 26.3 Å². The van der Waals surface area contributed by atoms with E-state index >= 15 is 0 Å². The van der Waals surface area contributed by atoms with Gasteiger partial charge in [-0.15, -0.1) is 0 Å². The van der Waals surface area contributed by atoms with Gasteiger partial charge in [-0.2, -0.15) is 0 Å². The largest absolute Gasteiger partial charge is 0.466 e. The Morgan fingerprint density at radius 1 is 0.370 bits per heavy atom. The lowest BCUT2D eigenvalue weighted by atomic mass is 10.0. The zero-order valence-corrected chi connectivity index (χ0v) is 31.8. The second-order valence-corrected chi connectivity index (χ2v) is 14.3. The zero-order chi connectivity index (χ0) is 33.3. The van der Waals surface area contributed by atoms with Gasteiger partial charge in [-0.1, -0.05) is 218 Å². The maximum atomic E-state index is 12.0. The molecule has 0 bridgehead atoms. The van der Waals surface area contributed by atoms with Gasteiger partial charge in [0, 0.05) is 6.42 Å². The van der Waals surface area contributed by atoms with Crippen molar-refractivity contribution in [3.05, 3.63) is 24.3 Å². The monoisotopic (exact) mass is 645 g/mol. The fraction of sp³-hybridized carbons (Fsp3) is 0.886. The average molecular weight is 645 g/mol. The molecular weight excluding hydrogens is 560 g/mol. The highest BCUT2D eigenvalue weighted by Gasteiger charge is 2.03. The predicted octanol–water partition coefficient (Wildman–Crippen LogP) is 15.7. The molecule has 272 valence electrons. The van der Waals surface area contributed by atoms with Crippen LogP contribution < -0.4 is 0 Å². The summed E-state index contributed by atoms with van der Waals surface area (Å²) in [6.07, 6.45) is 57.0. The van der Waals surface area contributed by atoms with Crippen LogP contribution in [0.5, 0.6) is 0 Å². The molecule has 0 aromatic carbocycles. The van der Waals surface area contributed by atoms with E-state index in [2.05, 4.69) is 38.2 Å². The van der Waals surface area contributed by atoms with Gasteiger partial charge in [0.15, 0.2) is 0 Å². The molecule has 0 aromatic rings. The number of unbranched alkanes of at least 4 members (excludes halogenated alkanes) is 31. The van der Waals surface area contributed by atoms with Gasteiger partial charge in [-0.3, -0.25) is 4.79 Å². The Hall–Kier alpha value is -1.05. The summed E-state index contributed by atoms with van der Waals surface area (Å²) < 4.78 is 5.46. The molecule has 0 aliphatic rings. The number of ether oxygens (including phenoxy) is 1. The molecule has 0 fully saturated rings. The smallest absolute Gasteiger partial charge is 0.305 e. The van der Waals surface area contributed by atoms with Crippen molar-refractivity contribution in [1.82, 2.24) is 0 Å². The lowest BCUT2D eigenvalue weighted by molar-refractivity contribution is -0.143. The number of rotatable bonds is 39. The third kappa shape index (κ3) is 41.0. The zero-order valence-electron chi connectivity index (χ0n) is 31.8. The standard InChI is InChI=1S/C44H84O2/c1-3-5-7-9-11-13-15-17-19-21-22-23-24-25-26-27-28-30-32-34-36-38-40-42-44(45)46-43-41-39-37-35-33-31-29-20-18-16-14-12-10-8-6-4-2/h12,14,18,20H,3-11,13,15-17,19,21-43H2,1-2H3/b14-12-,20-18+. The first-order chi connectivity index (χ1) is 22.8. The summed E-state index contributed by atoms with van der Waals surface area (Å²) >= 11 is 0. The van der Waals surface area contributed by atoms with E-state index in [-0.39, 0.29) is 5.97 Å². The number of allylic oxidation sites excluding steroid dienone is 4. The van der Waals surface area contributed by atoms with Crippen molar-refractivity contribution >= 4 is 5.97 Å². The third-order valence-electron chi connectivity index (χ3n) is 9.59. The summed E-state index contributed by atoms with van der Waals surface area (Å²) in [7, 11) is 0. The van der Waals surface area contributed by atoms with Crippen LogP contribution in [0.1, 0.15) is 245 Å². The molecule has 0 heterocycles. The van der Waals surface area contributed by atoms with Crippen LogP contribution in [-0.4, -0.2) is 12.6 Å². The molecule has 2 heteroatoms. The quantitative estimate of drug-likeness (QED) is 0.0378. The Morgan fingerprint density at radius 3 is 1.09 bits per heavy atom. The summed E-state index contributed by atoms with van der Waals surface area (Å²) in [5.41, 5.74) is 0. The first-order valence-corrected chi connectivity index (χ1v) is 21.3. The van der Waals surface area contributed by atoms with Crippen LogP contribution in [0.25, 0.3) is 0 Å². The minimum absolute atomic E-state index is 0.0195. The average Bonchev–Trinajstić information content (AvgIpc) is 3.06. The Balaban J connectivity index is 3.19. The van der Waals surface area contributed by atoms with E-state index in [4.69, 9.17) is 4.74 Å². The summed E-state index contributed by atoms with van der Waals surface area (Å²) in [5.74, 6) is 0.0195. The van der Waals surface area contributed by atoms with E-state index in [1.807, 2.05) is 0 Å². The Kier molecular flexibility index (Phi) is 41.0. The second-order valence-electron chi connectivity index (χ2n) is 14.3. The highest BCUT2D eigenvalue weighted by molar-refractivity contribution is 5.69. The van der Waals surface area contributed by atoms with Crippen molar-refractivity contribution < 1.29 is 9.53 Å². The van der Waals surface area contributed by atoms with Crippen LogP contribution in [0.2, 0.25) is 0 Å². The Bertz CT molecular complexity index is 621. The van der Waals surface area contributed by atoms with Crippen molar-refractivity contribution in [3.63, 3.8) is 0 Å². The van der Waals surface area contributed by atoms with Crippen molar-refractivity contribution in [2.45, 2.75) is 245 Å². The third-order valence-corrected chi connectivity index (χ3v) is 9.59. The van der Waals surface area contributed by atoms with E-state index in [1.165, 1.54) is 205 Å². The fourth-order valence-corrected chi connectivity index (χ4v) is 6.40. The molecule has 0 radical (unpaired) electrons. The normalized spacial score (nSPS) is 11.8. The van der Waals surface area contributed by atoms with Crippen LogP contribution in [0, 0.1) is 0 Å². The lowest BCUT2D eigenvalue weighted by Gasteiger charge is -2.05. The van der Waals surface area contributed by atoms with E-state index < -0.39 is 0 Å². The number of hydrogen-bond acceptors (Lipinski definition) is 2. The predicted molar refractivity (Wildman–Crippen MR) is 207 cm³/mol. The highest BCUT2D eigenvalue weighted by Crippen LogP contribution is 2.16. The summed E-state index contributed by atoms with van der Waals surface area (Å²) in [6.45, 7) is 5.18. The molecule has 0 spiro atoms. The molecule has 0 saturated heterocycles. The minimum Gasteiger partial charge on any atom is -0.466 e. The molecule has 0 atom stereocenters. The molecule has 2 nitrogen and oxygen atoms in total. The van der Waals surface area contributed by atoms with Gasteiger partial charge in [0.2, 0.25) is 0 Å². The van der Waals surface area contributed by atoms with E-state index in [9.17, 15) is 4.79 Å². The van der Waals surface area contributed by atoms with Gasteiger partial charge < -0.3 is 4.74 Å². The molecule has 0 aromatic heterocycles. The molecule has 0 aliphatic carbocycles. The maximum absolute atomic E-state index is 12.0. The number of carbonyl (C=O) groups excluding carboxylic acids is 1. The summed E-state index contributed by atoms with van der Waals surface area (Å²) in [5, 5.41) is 0. The van der Waals surface area contributed by atoms with Crippen molar-refractivity contribution in [3.8, 4) is 0 Å². The van der Waals surface area contributed by atoms with Crippen molar-refractivity contribution in [2.75, 3.05) is 6.61 Å². The fourth-order valence-electron chi connectivity index (χ4n) is 6.40. The number of carbonyl (C=O) groups is 1. The van der Waals surface area contributed by atoms with E-state index in [1.54, 1.807) is 0 Å². The van der Waals surface area contributed by atoms with Gasteiger partial charge in [0.25, 0.3) is 0 Å². The lowest BCUT2D eigenvalue weighted by Crippen LogP contribution is -2.05. The van der Waals surface area contributed by atoms with Crippen LogP contribution in [0.15, 0.2) is 24.3 Å². The van der Waals surface area contributed by atoms with Gasteiger partial charge >= 0.3 is 5.97 Å². The molecule has 0 unspecified atom stereocenters. The summed E-state index contributed by atoms with van der Waals surface area (Å²) in [6, 6.07) is 0. The SMILES string of the molecule is CCCCC/C=C\C/C=C/CCCCCCCCOC(=O)CCCCCCCCCCCCCCCCCCCCCCCCC. The molecule has 0 amide bonds. The Labute approximate surface area is 290 Å². The van der Waals surface area contributed by atoms with Gasteiger partial charge in [-0.05, 0) is 44.9 Å². The van der Waals surface area contributed by atoms with Crippen LogP contribution in [0.3, 0.4) is 0 Å². The van der Waals surface area contributed by atoms with E-state index in [0.717, 1.165) is 19.3 Å². The number of esters is 1. The molecule has 0 saturated carbocycles. The highest BCUT2D eigenvalue weighted by atomic mass is 16.5. The molecule has 0 N–H and O–H groups in total. The van der Waals surface area contributed by atoms with E-state index in [0.29, 0.717) is 13.0 Å². The maximum Gasteiger partial charge on any atom is 0.305 e. The van der Waals surface area contributed by atoms with Crippen molar-refractivity contribution in [1.29, 1.82) is 0 Å². The second kappa shape index (κ2) is 42.0. The molecule has 0 rings (SSSR count). The summed E-state index contributed by atoms with van der Waals surface area (Å²) in [4.78, 5) is 12.0. The van der Waals surface area contributed by atoms with Crippen molar-refractivity contribution in [2.24, 2.45) is 0 Å². The van der Waals surface area contributed by atoms with Crippen LogP contribution >= 0.6 is 0 Å². The first-order valence-electron chi connectivity index (χ1n) is 21.3. The Morgan fingerprint density at radius 2 is 0.674 bits per heavy atom. The van der Waals surface area contributed by atoms with Gasteiger partial charge in [-0.25, -0.2) is 0 Å². The minimum atomic E-state index is 0.0195. The molecule has 0 aliphatic heterocycles. The van der Waals surface area contributed by atoms with Crippen LogP contribution in [-0.2, 0) is 9.53 Å². The molecular formula is C44H84O2. The van der Waals surface area contributed by atoms with Gasteiger partial charge in [0.1, 0.15) is 0 Å².